The number of amides is 1. The van der Waals surface area contributed by atoms with Gasteiger partial charge in [0.15, 0.2) is 0 Å². The van der Waals surface area contributed by atoms with Gasteiger partial charge in [-0.2, -0.15) is 0 Å². The van der Waals surface area contributed by atoms with Crippen LogP contribution in [0.2, 0.25) is 0 Å². The van der Waals surface area contributed by atoms with Crippen molar-refractivity contribution in [3.63, 3.8) is 0 Å². The number of benzene rings is 2. The number of hydrogen-bond donors (Lipinski definition) is 1. The number of Topliss-reactive ketones (excluding diaryl/α,β-unsaturated/α-hetero) is 1. The van der Waals surface area contributed by atoms with Crippen molar-refractivity contribution in [2.75, 3.05) is 52.6 Å². The number of nitrogens with zero attached hydrogens (tertiary/aromatic N) is 2. The molecule has 2 heterocycles. The lowest BCUT2D eigenvalue weighted by Gasteiger charge is -2.29. The van der Waals surface area contributed by atoms with E-state index in [2.05, 4.69) is 11.8 Å². The average Bonchev–Trinajstić information content (AvgIpc) is 3.22. The maximum atomic E-state index is 13.3. The van der Waals surface area contributed by atoms with Gasteiger partial charge in [0.2, 0.25) is 0 Å². The van der Waals surface area contributed by atoms with E-state index in [1.807, 2.05) is 31.2 Å². The largest absolute Gasteiger partial charge is 0.507 e. The first-order chi connectivity index (χ1) is 19.0. The summed E-state index contributed by atoms with van der Waals surface area (Å²) in [6, 6.07) is 13.7. The molecule has 0 aliphatic carbocycles. The number of ether oxygens (including phenoxy) is 3. The Morgan fingerprint density at radius 1 is 0.872 bits per heavy atom. The number of hydrogen-bond acceptors (Lipinski definition) is 7. The zero-order valence-electron chi connectivity index (χ0n) is 23.1. The van der Waals surface area contributed by atoms with Crippen LogP contribution >= 0.6 is 0 Å². The molecule has 0 spiro atoms. The Labute approximate surface area is 231 Å². The van der Waals surface area contributed by atoms with Gasteiger partial charge in [0.05, 0.1) is 38.0 Å². The van der Waals surface area contributed by atoms with Gasteiger partial charge in [0.1, 0.15) is 17.3 Å². The number of likely N-dealkylation sites (tertiary alicyclic amines) is 1. The van der Waals surface area contributed by atoms with Crippen LogP contribution < -0.4 is 9.47 Å². The Kier molecular flexibility index (Phi) is 10.4. The van der Waals surface area contributed by atoms with E-state index in [1.54, 1.807) is 29.2 Å². The predicted octanol–water partition coefficient (Wildman–Crippen LogP) is 4.80. The quantitative estimate of drug-likeness (QED) is 0.170. The van der Waals surface area contributed by atoms with Gasteiger partial charge in [-0.1, -0.05) is 32.4 Å². The van der Waals surface area contributed by atoms with E-state index in [9.17, 15) is 14.7 Å². The molecule has 2 saturated heterocycles. The summed E-state index contributed by atoms with van der Waals surface area (Å²) < 4.78 is 16.9. The smallest absolute Gasteiger partial charge is 0.295 e. The molecule has 0 saturated carbocycles. The topological polar surface area (TPSA) is 88.5 Å². The molecule has 1 unspecified atom stereocenters. The molecule has 1 N–H and O–H groups in total. The van der Waals surface area contributed by atoms with E-state index in [-0.39, 0.29) is 11.3 Å². The molecule has 0 bridgehead atoms. The number of rotatable bonds is 13. The highest BCUT2D eigenvalue weighted by atomic mass is 16.5. The normalized spacial score (nSPS) is 19.4. The minimum absolute atomic E-state index is 0.105. The Hall–Kier alpha value is -3.36. The summed E-state index contributed by atoms with van der Waals surface area (Å²) in [4.78, 5) is 30.5. The fraction of sp³-hybridized carbons (Fsp3) is 0.484. The second-order valence-electron chi connectivity index (χ2n) is 9.94. The Balaban J connectivity index is 1.61. The number of aliphatic hydroxyl groups is 1. The minimum Gasteiger partial charge on any atom is -0.507 e. The summed E-state index contributed by atoms with van der Waals surface area (Å²) >= 11 is 0. The van der Waals surface area contributed by atoms with E-state index >= 15 is 0 Å². The highest BCUT2D eigenvalue weighted by Crippen LogP contribution is 2.40. The Morgan fingerprint density at radius 3 is 2.15 bits per heavy atom. The minimum atomic E-state index is -0.685. The second-order valence-corrected chi connectivity index (χ2v) is 9.94. The number of aliphatic hydroxyl groups excluding tert-OH is 1. The second kappa shape index (κ2) is 14.1. The van der Waals surface area contributed by atoms with E-state index < -0.39 is 17.7 Å². The van der Waals surface area contributed by atoms with Crippen molar-refractivity contribution in [2.45, 2.75) is 45.6 Å². The molecule has 0 aromatic heterocycles. The lowest BCUT2D eigenvalue weighted by Crippen LogP contribution is -2.38. The number of unbranched alkanes of at least 4 members (excludes halogenated alkanes) is 1. The van der Waals surface area contributed by atoms with E-state index in [1.165, 1.54) is 0 Å². The molecule has 4 rings (SSSR count). The fourth-order valence-corrected chi connectivity index (χ4v) is 4.91. The monoisotopic (exact) mass is 536 g/mol. The maximum absolute atomic E-state index is 13.3. The molecule has 2 aromatic rings. The third kappa shape index (κ3) is 7.19. The van der Waals surface area contributed by atoms with Crippen LogP contribution in [-0.2, 0) is 14.3 Å². The van der Waals surface area contributed by atoms with Crippen molar-refractivity contribution in [1.29, 1.82) is 0 Å². The number of morpholine rings is 1. The van der Waals surface area contributed by atoms with Crippen molar-refractivity contribution < 1.29 is 28.9 Å². The molecule has 8 nitrogen and oxygen atoms in total. The van der Waals surface area contributed by atoms with Crippen LogP contribution in [0.5, 0.6) is 11.5 Å². The number of carbonyl (C=O) groups excluding carboxylic acids is 2. The summed E-state index contributed by atoms with van der Waals surface area (Å²) in [5.74, 6) is -0.0150. The van der Waals surface area contributed by atoms with Crippen LogP contribution in [-0.4, -0.2) is 79.2 Å². The van der Waals surface area contributed by atoms with Gasteiger partial charge < -0.3 is 24.2 Å². The number of carbonyl (C=O) groups is 2. The summed E-state index contributed by atoms with van der Waals surface area (Å²) in [5, 5.41) is 11.3. The summed E-state index contributed by atoms with van der Waals surface area (Å²) in [5.41, 5.74) is 1.33. The van der Waals surface area contributed by atoms with Crippen molar-refractivity contribution in [1.82, 2.24) is 9.80 Å². The van der Waals surface area contributed by atoms with Gasteiger partial charge in [-0.3, -0.25) is 14.5 Å². The zero-order chi connectivity index (χ0) is 27.6. The van der Waals surface area contributed by atoms with Gasteiger partial charge in [-0.05, 0) is 61.2 Å². The third-order valence-electron chi connectivity index (χ3n) is 7.08. The van der Waals surface area contributed by atoms with Crippen molar-refractivity contribution in [3.8, 4) is 11.5 Å². The Morgan fingerprint density at radius 2 is 1.51 bits per heavy atom. The molecule has 8 heteroatoms. The third-order valence-corrected chi connectivity index (χ3v) is 7.08. The van der Waals surface area contributed by atoms with Gasteiger partial charge in [0, 0.05) is 31.7 Å². The molecular formula is C31H40N2O6. The van der Waals surface area contributed by atoms with Crippen LogP contribution in [0.25, 0.3) is 5.76 Å². The van der Waals surface area contributed by atoms with Crippen molar-refractivity contribution in [3.05, 3.63) is 65.2 Å². The molecule has 2 aliphatic heterocycles. The number of ketones is 1. The standard InChI is InChI=1S/C31H40N2O6/c1-3-5-20-39-26-11-7-23(8-12-26)28-27(29(34)24-9-13-25(14-10-24)38-19-4-2)30(35)31(36)33(28)16-6-15-32-17-21-37-22-18-32/h7-14,28,34H,3-6,15-22H2,1-2H3/b29-27+. The molecule has 1 atom stereocenters. The first kappa shape index (κ1) is 28.6. The van der Waals surface area contributed by atoms with Crippen LogP contribution in [0.15, 0.2) is 54.1 Å². The van der Waals surface area contributed by atoms with E-state index in [4.69, 9.17) is 14.2 Å². The SMILES string of the molecule is CCCCOc1ccc(C2/C(=C(\O)c3ccc(OCCC)cc3)C(=O)C(=O)N2CCCN2CCOCC2)cc1. The average molecular weight is 537 g/mol. The van der Waals surface area contributed by atoms with E-state index in [0.717, 1.165) is 50.2 Å². The molecule has 39 heavy (non-hydrogen) atoms. The van der Waals surface area contributed by atoms with Crippen molar-refractivity contribution >= 4 is 17.4 Å². The van der Waals surface area contributed by atoms with Gasteiger partial charge >= 0.3 is 0 Å². The van der Waals surface area contributed by atoms with Crippen LogP contribution in [0, 0.1) is 0 Å². The highest BCUT2D eigenvalue weighted by Gasteiger charge is 2.45. The lowest BCUT2D eigenvalue weighted by molar-refractivity contribution is -0.140. The van der Waals surface area contributed by atoms with Crippen molar-refractivity contribution in [2.24, 2.45) is 0 Å². The molecule has 2 fully saturated rings. The molecule has 0 radical (unpaired) electrons. The molecule has 2 aromatic carbocycles. The Bertz CT molecular complexity index is 1120. The zero-order valence-corrected chi connectivity index (χ0v) is 23.1. The van der Waals surface area contributed by atoms with E-state index in [0.29, 0.717) is 50.7 Å². The summed E-state index contributed by atoms with van der Waals surface area (Å²) in [6.45, 7) is 9.72. The van der Waals surface area contributed by atoms with Gasteiger partial charge in [-0.25, -0.2) is 0 Å². The summed E-state index contributed by atoms with van der Waals surface area (Å²) in [6.07, 6.45) is 3.61. The lowest BCUT2D eigenvalue weighted by atomic mass is 9.95. The van der Waals surface area contributed by atoms with Crippen LogP contribution in [0.1, 0.15) is 56.7 Å². The summed E-state index contributed by atoms with van der Waals surface area (Å²) in [7, 11) is 0. The molecule has 1 amide bonds. The van der Waals surface area contributed by atoms with Gasteiger partial charge in [-0.15, -0.1) is 0 Å². The maximum Gasteiger partial charge on any atom is 0.295 e. The molecule has 210 valence electrons. The molecule has 2 aliphatic rings. The molecular weight excluding hydrogens is 496 g/mol. The van der Waals surface area contributed by atoms with Crippen LogP contribution in [0.3, 0.4) is 0 Å². The predicted molar refractivity (Wildman–Crippen MR) is 150 cm³/mol. The first-order valence-electron chi connectivity index (χ1n) is 14.1. The van der Waals surface area contributed by atoms with Gasteiger partial charge in [0.25, 0.3) is 11.7 Å². The first-order valence-corrected chi connectivity index (χ1v) is 14.1. The van der Waals surface area contributed by atoms with Crippen LogP contribution in [0.4, 0.5) is 0 Å². The highest BCUT2D eigenvalue weighted by molar-refractivity contribution is 6.46. The fourth-order valence-electron chi connectivity index (χ4n) is 4.91.